The van der Waals surface area contributed by atoms with Gasteiger partial charge in [0.2, 0.25) is 0 Å². The molecule has 0 spiro atoms. The SMILES string of the molecule is CC1(C)CC[C@@]2(C(=O)O)C(C1)C1=CCC3[C@@]4(C)CC[C@H](OC5OC(C(=O)O)[C@](O)(C6OC(CO)C(O)[C@@H](O)[C@@H]6O)[C@@H](O)[C@@H]5O)C(C)(C)C4CC[C@@]3(C)[C@]1(C)C[C@H]2O. The molecule has 0 aromatic carbocycles. The summed E-state index contributed by atoms with van der Waals surface area (Å²) in [4.78, 5) is 25.7. The maximum Gasteiger partial charge on any atom is 0.336 e. The zero-order chi connectivity index (χ0) is 42.2. The lowest BCUT2D eigenvalue weighted by atomic mass is 9.33. The molecule has 7 aliphatic rings. The largest absolute Gasteiger partial charge is 0.481 e. The van der Waals surface area contributed by atoms with Crippen LogP contribution < -0.4 is 0 Å². The van der Waals surface area contributed by atoms with E-state index >= 15 is 0 Å². The minimum absolute atomic E-state index is 0.0546. The molecule has 0 bridgehead atoms. The van der Waals surface area contributed by atoms with Gasteiger partial charge in [-0.15, -0.1) is 0 Å². The average Bonchev–Trinajstić information content (AvgIpc) is 3.11. The molecule has 5 aliphatic carbocycles. The lowest BCUT2D eigenvalue weighted by molar-refractivity contribution is -0.376. The van der Waals surface area contributed by atoms with Gasteiger partial charge in [-0.25, -0.2) is 4.79 Å². The number of aliphatic hydroxyl groups is 8. The molecule has 8 unspecified atom stereocenters. The average molecular weight is 811 g/mol. The number of carboxylic acid groups (broad SMARTS) is 2. The van der Waals surface area contributed by atoms with Crippen molar-refractivity contribution in [2.75, 3.05) is 6.61 Å². The number of hydrogen-bond donors (Lipinski definition) is 10. The summed E-state index contributed by atoms with van der Waals surface area (Å²) in [6.45, 7) is 14.6. The van der Waals surface area contributed by atoms with Crippen LogP contribution in [0.5, 0.6) is 0 Å². The van der Waals surface area contributed by atoms with E-state index in [0.717, 1.165) is 25.7 Å². The summed E-state index contributed by atoms with van der Waals surface area (Å²) in [6.07, 6.45) is -11.5. The third-order valence-corrected chi connectivity index (χ3v) is 17.7. The van der Waals surface area contributed by atoms with Crippen LogP contribution in [0.4, 0.5) is 0 Å². The molecule has 6 fully saturated rings. The molecule has 15 heteroatoms. The highest BCUT2D eigenvalue weighted by atomic mass is 16.7. The summed E-state index contributed by atoms with van der Waals surface area (Å²) in [5, 5.41) is 109. The fourth-order valence-corrected chi connectivity index (χ4v) is 14.2. The highest BCUT2D eigenvalue weighted by molar-refractivity contribution is 5.78. The molecule has 15 nitrogen and oxygen atoms in total. The molecule has 2 saturated heterocycles. The second-order valence-electron chi connectivity index (χ2n) is 21.1. The molecule has 0 aromatic heterocycles. The highest BCUT2D eigenvalue weighted by Crippen LogP contribution is 2.76. The fraction of sp³-hybridized carbons (Fsp3) is 0.905. The van der Waals surface area contributed by atoms with E-state index in [4.69, 9.17) is 14.2 Å². The number of carboxylic acids is 2. The van der Waals surface area contributed by atoms with Crippen molar-refractivity contribution < 1.29 is 74.9 Å². The van der Waals surface area contributed by atoms with Crippen molar-refractivity contribution in [3.05, 3.63) is 11.6 Å². The van der Waals surface area contributed by atoms with Gasteiger partial charge in [-0.05, 0) is 103 Å². The predicted molar refractivity (Wildman–Crippen MR) is 200 cm³/mol. The second-order valence-corrected chi connectivity index (χ2v) is 21.1. The van der Waals surface area contributed by atoms with Gasteiger partial charge in [0.05, 0.1) is 18.8 Å². The normalized spacial score (nSPS) is 54.3. The van der Waals surface area contributed by atoms with Gasteiger partial charge in [0.15, 0.2) is 18.0 Å². The summed E-state index contributed by atoms with van der Waals surface area (Å²) < 4.78 is 17.6. The number of aliphatic hydroxyl groups excluding tert-OH is 7. The van der Waals surface area contributed by atoms with Crippen molar-refractivity contribution in [2.24, 2.45) is 50.2 Å². The molecular formula is C42H66O15. The Kier molecular flexibility index (Phi) is 10.6. The Morgan fingerprint density at radius 1 is 0.807 bits per heavy atom. The Morgan fingerprint density at radius 3 is 2.09 bits per heavy atom. The van der Waals surface area contributed by atoms with Gasteiger partial charge in [0, 0.05) is 0 Å². The summed E-state index contributed by atoms with van der Waals surface area (Å²) in [6, 6.07) is 0. The molecule has 324 valence electrons. The van der Waals surface area contributed by atoms with E-state index in [9.17, 15) is 60.7 Å². The maximum absolute atomic E-state index is 13.1. The third kappa shape index (κ3) is 5.84. The minimum Gasteiger partial charge on any atom is -0.481 e. The Bertz CT molecular complexity index is 1630. The topological polar surface area (TPSA) is 264 Å². The number of aliphatic carboxylic acids is 2. The van der Waals surface area contributed by atoms with Crippen LogP contribution in [0.3, 0.4) is 0 Å². The Balaban J connectivity index is 1.15. The van der Waals surface area contributed by atoms with E-state index in [1.54, 1.807) is 0 Å². The second kappa shape index (κ2) is 13.9. The molecule has 0 radical (unpaired) electrons. The van der Waals surface area contributed by atoms with Crippen LogP contribution in [0.1, 0.15) is 106 Å². The number of carbonyl (C=O) groups is 2. The van der Waals surface area contributed by atoms with Crippen LogP contribution in [0.25, 0.3) is 0 Å². The Labute approximate surface area is 334 Å². The molecule has 19 atom stereocenters. The first-order valence-corrected chi connectivity index (χ1v) is 20.8. The summed E-state index contributed by atoms with van der Waals surface area (Å²) in [5.74, 6) is -2.69. The van der Waals surface area contributed by atoms with Crippen molar-refractivity contribution in [1.82, 2.24) is 0 Å². The lowest BCUT2D eigenvalue weighted by Crippen LogP contribution is -2.78. The number of allylic oxidation sites excluding steroid dienone is 2. The van der Waals surface area contributed by atoms with Crippen LogP contribution in [-0.2, 0) is 23.8 Å². The van der Waals surface area contributed by atoms with Gasteiger partial charge < -0.3 is 65.3 Å². The maximum atomic E-state index is 13.1. The Morgan fingerprint density at radius 2 is 1.47 bits per heavy atom. The first-order chi connectivity index (χ1) is 26.3. The number of ether oxygens (including phenoxy) is 3. The first kappa shape index (κ1) is 43.3. The zero-order valence-electron chi connectivity index (χ0n) is 34.2. The van der Waals surface area contributed by atoms with Crippen LogP contribution in [0.2, 0.25) is 0 Å². The van der Waals surface area contributed by atoms with Crippen LogP contribution in [0.15, 0.2) is 11.6 Å². The van der Waals surface area contributed by atoms with E-state index in [0.29, 0.717) is 32.1 Å². The molecule has 7 rings (SSSR count). The van der Waals surface area contributed by atoms with Gasteiger partial charge in [0.1, 0.15) is 48.1 Å². The van der Waals surface area contributed by atoms with Crippen molar-refractivity contribution in [2.45, 2.75) is 179 Å². The predicted octanol–water partition coefficient (Wildman–Crippen LogP) is 1.33. The van der Waals surface area contributed by atoms with E-state index in [1.165, 1.54) is 5.57 Å². The highest BCUT2D eigenvalue weighted by Gasteiger charge is 2.72. The van der Waals surface area contributed by atoms with Crippen molar-refractivity contribution in [1.29, 1.82) is 0 Å². The fourth-order valence-electron chi connectivity index (χ4n) is 14.2. The lowest BCUT2D eigenvalue weighted by Gasteiger charge is -2.71. The van der Waals surface area contributed by atoms with E-state index in [1.807, 2.05) is 0 Å². The van der Waals surface area contributed by atoms with Crippen molar-refractivity contribution >= 4 is 11.9 Å². The zero-order valence-corrected chi connectivity index (χ0v) is 34.2. The van der Waals surface area contributed by atoms with Crippen molar-refractivity contribution in [3.63, 3.8) is 0 Å². The quantitative estimate of drug-likeness (QED) is 0.134. The summed E-state index contributed by atoms with van der Waals surface area (Å²) in [5.41, 5.74) is -4.60. The van der Waals surface area contributed by atoms with Gasteiger partial charge in [-0.3, -0.25) is 4.79 Å². The molecule has 0 amide bonds. The van der Waals surface area contributed by atoms with Crippen LogP contribution >= 0.6 is 0 Å². The van der Waals surface area contributed by atoms with Gasteiger partial charge in [-0.2, -0.15) is 0 Å². The van der Waals surface area contributed by atoms with Gasteiger partial charge >= 0.3 is 11.9 Å². The van der Waals surface area contributed by atoms with E-state index in [2.05, 4.69) is 54.5 Å². The molecule has 57 heavy (non-hydrogen) atoms. The van der Waals surface area contributed by atoms with Crippen molar-refractivity contribution in [3.8, 4) is 0 Å². The number of rotatable bonds is 6. The third-order valence-electron chi connectivity index (χ3n) is 17.7. The molecule has 2 aliphatic heterocycles. The monoisotopic (exact) mass is 810 g/mol. The van der Waals surface area contributed by atoms with Gasteiger partial charge in [-0.1, -0.05) is 60.1 Å². The minimum atomic E-state index is -3.05. The summed E-state index contributed by atoms with van der Waals surface area (Å²) in [7, 11) is 0. The smallest absolute Gasteiger partial charge is 0.336 e. The number of hydrogen-bond acceptors (Lipinski definition) is 13. The molecule has 10 N–H and O–H groups in total. The molecule has 2 heterocycles. The number of fused-ring (bicyclic) bond motifs is 7. The molecule has 0 aromatic rings. The Hall–Kier alpha value is -1.76. The van der Waals surface area contributed by atoms with E-state index < -0.39 is 108 Å². The molecular weight excluding hydrogens is 744 g/mol. The van der Waals surface area contributed by atoms with E-state index in [-0.39, 0.29) is 34.0 Å². The molecule has 4 saturated carbocycles. The van der Waals surface area contributed by atoms with Crippen LogP contribution in [-0.4, -0.2) is 143 Å². The van der Waals surface area contributed by atoms with Gasteiger partial charge in [0.25, 0.3) is 0 Å². The summed E-state index contributed by atoms with van der Waals surface area (Å²) >= 11 is 0. The van der Waals surface area contributed by atoms with Crippen LogP contribution in [0, 0.1) is 50.2 Å². The first-order valence-electron chi connectivity index (χ1n) is 20.8. The standard InChI is InChI=1S/C42H66O15/c1-36(2)14-15-41(35(52)53)20(16-36)19-8-9-23-38(5)12-11-25(37(3,4)22(38)10-13-39(23,6)40(19,7)17-24(41)44)56-34-29(48)30(49)42(54,32(57-34)33(50)51)31-28(47)27(46)26(45)21(18-43)55-31/h8,20-32,34,43-49,54H,9-18H2,1-7H3,(H,50,51)(H,52,53)/t20?,21?,22?,23?,24-,25+,26?,27-,28+,29+,30+,31?,32?,34?,38+,39-,40-,41-,42-/m1/s1.